The first-order valence-electron chi connectivity index (χ1n) is 7.55. The molecule has 2 unspecified atom stereocenters. The standard InChI is InChI=1S/C17H18IN3/c1-21-9-10(5-6-19)7-12-11-3-2-4-14-16(11)13(8-15(12)21)17(18)20-14/h2-4,10,12,15,20H,5,7-9H2,1H3/t10?,12?,15-/m1/s1. The van der Waals surface area contributed by atoms with E-state index in [9.17, 15) is 0 Å². The van der Waals surface area contributed by atoms with E-state index in [1.54, 1.807) is 0 Å². The highest BCUT2D eigenvalue weighted by molar-refractivity contribution is 14.1. The molecule has 1 N–H and O–H groups in total. The molecule has 0 amide bonds. The topological polar surface area (TPSA) is 42.8 Å². The van der Waals surface area contributed by atoms with E-state index in [2.05, 4.69) is 63.8 Å². The molecular formula is C17H18IN3. The van der Waals surface area contributed by atoms with E-state index in [1.807, 2.05) is 0 Å². The van der Waals surface area contributed by atoms with Crippen molar-refractivity contribution < 1.29 is 0 Å². The lowest BCUT2D eigenvalue weighted by molar-refractivity contribution is 0.113. The van der Waals surface area contributed by atoms with Crippen LogP contribution in [0, 0.1) is 20.9 Å². The van der Waals surface area contributed by atoms with Gasteiger partial charge >= 0.3 is 0 Å². The lowest BCUT2D eigenvalue weighted by Crippen LogP contribution is -2.47. The highest BCUT2D eigenvalue weighted by atomic mass is 127. The van der Waals surface area contributed by atoms with E-state index in [0.717, 1.165) is 19.4 Å². The number of hydrogen-bond donors (Lipinski definition) is 1. The molecule has 4 heteroatoms. The number of nitrogens with one attached hydrogen (secondary N) is 1. The zero-order chi connectivity index (χ0) is 14.6. The molecule has 1 aromatic heterocycles. The Balaban J connectivity index is 1.84. The number of benzene rings is 1. The number of nitriles is 1. The molecule has 1 aromatic carbocycles. The molecule has 0 saturated carbocycles. The second kappa shape index (κ2) is 4.99. The van der Waals surface area contributed by atoms with Gasteiger partial charge < -0.3 is 9.88 Å². The summed E-state index contributed by atoms with van der Waals surface area (Å²) < 4.78 is 1.29. The van der Waals surface area contributed by atoms with Crippen LogP contribution in [-0.4, -0.2) is 29.5 Å². The van der Waals surface area contributed by atoms with Gasteiger partial charge in [-0.1, -0.05) is 12.1 Å². The Morgan fingerprint density at radius 1 is 1.48 bits per heavy atom. The second-order valence-corrected chi connectivity index (χ2v) is 7.55. The number of aromatic nitrogens is 1. The lowest BCUT2D eigenvalue weighted by Gasteiger charge is -2.45. The molecule has 4 rings (SSSR count). The van der Waals surface area contributed by atoms with Crippen LogP contribution in [0.25, 0.3) is 10.9 Å². The summed E-state index contributed by atoms with van der Waals surface area (Å²) in [5, 5.41) is 10.5. The molecule has 2 aliphatic rings. The minimum atomic E-state index is 0.510. The normalized spacial score (nSPS) is 28.3. The third-order valence-corrected chi connectivity index (χ3v) is 6.19. The molecule has 3 atom stereocenters. The van der Waals surface area contributed by atoms with Crippen molar-refractivity contribution in [3.8, 4) is 6.07 Å². The Kier molecular flexibility index (Phi) is 3.23. The summed E-state index contributed by atoms with van der Waals surface area (Å²) in [6.45, 7) is 1.06. The first-order chi connectivity index (χ1) is 10.2. The van der Waals surface area contributed by atoms with Gasteiger partial charge in [0.15, 0.2) is 0 Å². The fourth-order valence-electron chi connectivity index (χ4n) is 4.37. The van der Waals surface area contributed by atoms with Crippen LogP contribution in [0.15, 0.2) is 18.2 Å². The highest BCUT2D eigenvalue weighted by Gasteiger charge is 2.39. The van der Waals surface area contributed by atoms with Gasteiger partial charge in [-0.15, -0.1) is 0 Å². The predicted octanol–water partition coefficient (Wildman–Crippen LogP) is 3.65. The Morgan fingerprint density at radius 3 is 3.14 bits per heavy atom. The summed E-state index contributed by atoms with van der Waals surface area (Å²) in [6.07, 6.45) is 2.97. The number of aromatic amines is 1. The number of H-pyrrole nitrogens is 1. The molecule has 1 aliphatic heterocycles. The molecule has 2 aromatic rings. The summed E-state index contributed by atoms with van der Waals surface area (Å²) in [5.74, 6) is 1.08. The number of likely N-dealkylation sites (N-methyl/N-ethyl adjacent to an activating group) is 1. The molecule has 1 saturated heterocycles. The molecule has 0 bridgehead atoms. The van der Waals surface area contributed by atoms with Gasteiger partial charge in [0.1, 0.15) is 0 Å². The minimum absolute atomic E-state index is 0.510. The van der Waals surface area contributed by atoms with E-state index >= 15 is 0 Å². The lowest BCUT2D eigenvalue weighted by atomic mass is 9.72. The fourth-order valence-corrected chi connectivity index (χ4v) is 5.15. The number of rotatable bonds is 1. The first kappa shape index (κ1) is 13.6. The summed E-state index contributed by atoms with van der Waals surface area (Å²) in [7, 11) is 2.23. The predicted molar refractivity (Wildman–Crippen MR) is 92.2 cm³/mol. The van der Waals surface area contributed by atoms with E-state index < -0.39 is 0 Å². The van der Waals surface area contributed by atoms with E-state index in [-0.39, 0.29) is 0 Å². The first-order valence-corrected chi connectivity index (χ1v) is 8.63. The number of piperidine rings is 1. The maximum absolute atomic E-state index is 9.04. The molecule has 3 nitrogen and oxygen atoms in total. The van der Waals surface area contributed by atoms with Gasteiger partial charge in [0.05, 0.1) is 9.77 Å². The van der Waals surface area contributed by atoms with Crippen LogP contribution in [0.3, 0.4) is 0 Å². The van der Waals surface area contributed by atoms with Gasteiger partial charge in [0, 0.05) is 35.8 Å². The quantitative estimate of drug-likeness (QED) is 0.755. The van der Waals surface area contributed by atoms with Crippen LogP contribution in [0.5, 0.6) is 0 Å². The fraction of sp³-hybridized carbons (Fsp3) is 0.471. The van der Waals surface area contributed by atoms with Crippen LogP contribution < -0.4 is 0 Å². The van der Waals surface area contributed by atoms with Crippen molar-refractivity contribution in [2.45, 2.75) is 31.2 Å². The molecule has 1 aliphatic carbocycles. The van der Waals surface area contributed by atoms with Crippen molar-refractivity contribution in [1.82, 2.24) is 9.88 Å². The van der Waals surface area contributed by atoms with Gasteiger partial charge in [-0.05, 0) is 65.6 Å². The highest BCUT2D eigenvalue weighted by Crippen LogP contribution is 2.45. The van der Waals surface area contributed by atoms with Crippen LogP contribution in [0.2, 0.25) is 0 Å². The number of fused-ring (bicyclic) bond motifs is 2. The second-order valence-electron chi connectivity index (χ2n) is 6.47. The van der Waals surface area contributed by atoms with Gasteiger partial charge in [0.2, 0.25) is 0 Å². The number of halogens is 1. The van der Waals surface area contributed by atoms with E-state index in [4.69, 9.17) is 5.26 Å². The van der Waals surface area contributed by atoms with Gasteiger partial charge in [-0.3, -0.25) is 0 Å². The Bertz CT molecular complexity index is 742. The minimum Gasteiger partial charge on any atom is -0.350 e. The monoisotopic (exact) mass is 391 g/mol. The molecule has 0 radical (unpaired) electrons. The summed E-state index contributed by atoms with van der Waals surface area (Å²) >= 11 is 2.43. The largest absolute Gasteiger partial charge is 0.350 e. The molecular weight excluding hydrogens is 373 g/mol. The van der Waals surface area contributed by atoms with Crippen LogP contribution in [0.1, 0.15) is 29.9 Å². The summed E-state index contributed by atoms with van der Waals surface area (Å²) in [4.78, 5) is 6.02. The van der Waals surface area contributed by atoms with Crippen molar-refractivity contribution >= 4 is 33.5 Å². The third kappa shape index (κ3) is 2.01. The maximum Gasteiger partial charge on any atom is 0.0815 e. The van der Waals surface area contributed by atoms with Crippen molar-refractivity contribution in [2.75, 3.05) is 13.6 Å². The van der Waals surface area contributed by atoms with Crippen molar-refractivity contribution in [3.63, 3.8) is 0 Å². The van der Waals surface area contributed by atoms with Gasteiger partial charge in [0.25, 0.3) is 0 Å². The third-order valence-electron chi connectivity index (χ3n) is 5.26. The smallest absolute Gasteiger partial charge is 0.0815 e. The van der Waals surface area contributed by atoms with Crippen LogP contribution in [-0.2, 0) is 6.42 Å². The van der Waals surface area contributed by atoms with E-state index in [0.29, 0.717) is 24.3 Å². The average Bonchev–Trinajstić information content (AvgIpc) is 2.78. The summed E-state index contributed by atoms with van der Waals surface area (Å²) in [5.41, 5.74) is 4.26. The Labute approximate surface area is 138 Å². The molecule has 0 spiro atoms. The van der Waals surface area contributed by atoms with Gasteiger partial charge in [-0.2, -0.15) is 5.26 Å². The molecule has 108 valence electrons. The number of hydrogen-bond acceptors (Lipinski definition) is 2. The van der Waals surface area contributed by atoms with Gasteiger partial charge in [-0.25, -0.2) is 0 Å². The van der Waals surface area contributed by atoms with Crippen LogP contribution in [0.4, 0.5) is 0 Å². The zero-order valence-corrected chi connectivity index (χ0v) is 14.2. The average molecular weight is 391 g/mol. The maximum atomic E-state index is 9.04. The number of nitrogens with zero attached hydrogens (tertiary/aromatic N) is 2. The zero-order valence-electron chi connectivity index (χ0n) is 12.1. The number of likely N-dealkylation sites (tertiary alicyclic amines) is 1. The SMILES string of the molecule is CN1CC(CC#N)CC2c3cccc4[nH]c(I)c(c34)C[C@H]21. The molecule has 1 fully saturated rings. The summed E-state index contributed by atoms with van der Waals surface area (Å²) in [6, 6.07) is 9.61. The van der Waals surface area contributed by atoms with Crippen molar-refractivity contribution in [3.05, 3.63) is 33.0 Å². The van der Waals surface area contributed by atoms with Crippen molar-refractivity contribution in [1.29, 1.82) is 5.26 Å². The van der Waals surface area contributed by atoms with Crippen molar-refractivity contribution in [2.24, 2.45) is 5.92 Å². The molecule has 21 heavy (non-hydrogen) atoms. The Morgan fingerprint density at radius 2 is 2.33 bits per heavy atom. The Hall–Kier alpha value is -1.06. The molecule has 2 heterocycles. The van der Waals surface area contributed by atoms with E-state index in [1.165, 1.54) is 25.7 Å². The van der Waals surface area contributed by atoms with Crippen LogP contribution >= 0.6 is 22.6 Å².